The fraction of sp³-hybridized carbons (Fsp3) is 0.812. The third-order valence-electron chi connectivity index (χ3n) is 7.14. The van der Waals surface area contributed by atoms with Crippen LogP contribution in [0, 0.1) is 0 Å². The van der Waals surface area contributed by atoms with Gasteiger partial charge in [-0.15, -0.1) is 0 Å². The lowest BCUT2D eigenvalue weighted by Crippen LogP contribution is -2.35. The molecule has 1 rings (SSSR count). The van der Waals surface area contributed by atoms with Gasteiger partial charge in [-0.3, -0.25) is 0 Å². The standard InChI is InChI=1S/C21H46N.C11H16O3S/c1-5-6-7-8-9-10-11-12-13-14-15-16-17-18-19-20-21-22(2,3)4;1-3-4-9(2)10-5-7-11(8-6-10)15(12,13)14/h5-21H2,1-4H3;5-9H,3-4H2,1-2H3,(H,12,13,14)/q+1;/p-1. The van der Waals surface area contributed by atoms with Crippen LogP contribution < -0.4 is 0 Å². The summed E-state index contributed by atoms with van der Waals surface area (Å²) in [6, 6.07) is 6.18. The monoisotopic (exact) mass is 539 g/mol. The highest BCUT2D eigenvalue weighted by atomic mass is 32.2. The number of nitrogens with zero attached hydrogens (tertiary/aromatic N) is 1. The van der Waals surface area contributed by atoms with E-state index in [0.29, 0.717) is 5.92 Å². The Labute approximate surface area is 232 Å². The van der Waals surface area contributed by atoms with Crippen molar-refractivity contribution in [3.05, 3.63) is 29.8 Å². The largest absolute Gasteiger partial charge is 0.744 e. The van der Waals surface area contributed by atoms with Crippen LogP contribution in [-0.2, 0) is 10.1 Å². The van der Waals surface area contributed by atoms with E-state index in [4.69, 9.17) is 0 Å². The molecule has 0 saturated heterocycles. The first-order chi connectivity index (χ1) is 17.5. The average Bonchev–Trinajstić information content (AvgIpc) is 2.83. The van der Waals surface area contributed by atoms with Gasteiger partial charge in [-0.05, 0) is 42.9 Å². The van der Waals surface area contributed by atoms with Crippen LogP contribution in [0.2, 0.25) is 0 Å². The minimum Gasteiger partial charge on any atom is -0.744 e. The summed E-state index contributed by atoms with van der Waals surface area (Å²) in [6.45, 7) is 7.82. The van der Waals surface area contributed by atoms with Gasteiger partial charge < -0.3 is 9.04 Å². The summed E-state index contributed by atoms with van der Waals surface area (Å²) in [7, 11) is 2.58. The minimum atomic E-state index is -4.31. The molecule has 0 fully saturated rings. The van der Waals surface area contributed by atoms with Gasteiger partial charge in [-0.2, -0.15) is 0 Å². The lowest BCUT2D eigenvalue weighted by molar-refractivity contribution is -0.870. The first kappa shape index (κ1) is 36.1. The molecule has 0 aliphatic carbocycles. The molecule has 1 aromatic carbocycles. The molecule has 0 aliphatic rings. The van der Waals surface area contributed by atoms with Crippen LogP contribution in [0.1, 0.15) is 148 Å². The van der Waals surface area contributed by atoms with Crippen molar-refractivity contribution in [2.24, 2.45) is 0 Å². The zero-order chi connectivity index (χ0) is 28.0. The first-order valence-electron chi connectivity index (χ1n) is 15.4. The van der Waals surface area contributed by atoms with Crippen LogP contribution in [0.4, 0.5) is 0 Å². The van der Waals surface area contributed by atoms with Crippen LogP contribution in [0.25, 0.3) is 0 Å². The third-order valence-corrected chi connectivity index (χ3v) is 7.99. The van der Waals surface area contributed by atoms with Gasteiger partial charge in [0.1, 0.15) is 10.1 Å². The van der Waals surface area contributed by atoms with Gasteiger partial charge in [0, 0.05) is 0 Å². The van der Waals surface area contributed by atoms with E-state index in [-0.39, 0.29) is 4.90 Å². The highest BCUT2D eigenvalue weighted by Crippen LogP contribution is 2.22. The van der Waals surface area contributed by atoms with Crippen molar-refractivity contribution in [1.29, 1.82) is 0 Å². The van der Waals surface area contributed by atoms with E-state index in [9.17, 15) is 13.0 Å². The second-order valence-electron chi connectivity index (χ2n) is 12.0. The van der Waals surface area contributed by atoms with Crippen LogP contribution in [0.3, 0.4) is 0 Å². The normalized spacial score (nSPS) is 12.7. The summed E-state index contributed by atoms with van der Waals surface area (Å²) < 4.78 is 33.2. The van der Waals surface area contributed by atoms with Crippen molar-refractivity contribution in [2.45, 2.75) is 147 Å². The molecule has 218 valence electrons. The molecular formula is C32H61NO3S. The SMILES string of the molecule is CCCC(C)c1ccc(S(=O)(=O)[O-])cc1.CCCCCCCCCCCCCCCCCC[N+](C)(C)C. The number of hydrogen-bond donors (Lipinski definition) is 0. The molecule has 0 spiro atoms. The van der Waals surface area contributed by atoms with E-state index in [0.717, 1.165) is 22.9 Å². The van der Waals surface area contributed by atoms with Crippen molar-refractivity contribution < 1.29 is 17.5 Å². The topological polar surface area (TPSA) is 57.2 Å². The van der Waals surface area contributed by atoms with E-state index >= 15 is 0 Å². The third kappa shape index (κ3) is 22.8. The second kappa shape index (κ2) is 22.0. The molecule has 4 nitrogen and oxygen atoms in total. The summed E-state index contributed by atoms with van der Waals surface area (Å²) in [5, 5.41) is 0. The fourth-order valence-electron chi connectivity index (χ4n) is 4.70. The maximum Gasteiger partial charge on any atom is 0.124 e. The Hall–Kier alpha value is -0.910. The number of quaternary nitrogens is 1. The molecule has 0 heterocycles. The molecule has 1 unspecified atom stereocenters. The second-order valence-corrected chi connectivity index (χ2v) is 13.4. The Morgan fingerprint density at radius 2 is 1.03 bits per heavy atom. The molecule has 0 saturated carbocycles. The summed E-state index contributed by atoms with van der Waals surface area (Å²) >= 11 is 0. The summed E-state index contributed by atoms with van der Waals surface area (Å²) in [5.74, 6) is 0.401. The molecule has 1 atom stereocenters. The van der Waals surface area contributed by atoms with Gasteiger partial charge in [-0.25, -0.2) is 8.42 Å². The predicted molar refractivity (Wildman–Crippen MR) is 160 cm³/mol. The molecule has 5 heteroatoms. The molecule has 37 heavy (non-hydrogen) atoms. The quantitative estimate of drug-likeness (QED) is 0.0888. The summed E-state index contributed by atoms with van der Waals surface area (Å²) in [6.07, 6.45) is 25.5. The number of rotatable bonds is 21. The van der Waals surface area contributed by atoms with Gasteiger partial charge in [0.15, 0.2) is 0 Å². The Kier molecular flexibility index (Phi) is 21.4. The first-order valence-corrected chi connectivity index (χ1v) is 16.8. The average molecular weight is 540 g/mol. The highest BCUT2D eigenvalue weighted by molar-refractivity contribution is 7.85. The molecule has 0 amide bonds. The number of benzene rings is 1. The zero-order valence-electron chi connectivity index (χ0n) is 25.4. The van der Waals surface area contributed by atoms with E-state index in [1.165, 1.54) is 121 Å². The summed E-state index contributed by atoms with van der Waals surface area (Å²) in [5.41, 5.74) is 1.07. The van der Waals surface area contributed by atoms with E-state index in [2.05, 4.69) is 41.9 Å². The highest BCUT2D eigenvalue weighted by Gasteiger charge is 2.06. The van der Waals surface area contributed by atoms with E-state index in [1.54, 1.807) is 12.1 Å². The van der Waals surface area contributed by atoms with Gasteiger partial charge in [-0.1, -0.05) is 129 Å². The number of unbranched alkanes of at least 4 members (excludes halogenated alkanes) is 15. The maximum absolute atomic E-state index is 10.7. The van der Waals surface area contributed by atoms with E-state index < -0.39 is 10.1 Å². The summed E-state index contributed by atoms with van der Waals surface area (Å²) in [4.78, 5) is -0.157. The maximum atomic E-state index is 10.7. The van der Waals surface area contributed by atoms with Crippen molar-refractivity contribution in [1.82, 2.24) is 0 Å². The van der Waals surface area contributed by atoms with E-state index in [1.807, 2.05) is 0 Å². The van der Waals surface area contributed by atoms with Crippen LogP contribution in [0.15, 0.2) is 29.2 Å². The zero-order valence-corrected chi connectivity index (χ0v) is 26.2. The van der Waals surface area contributed by atoms with Crippen molar-refractivity contribution in [3.63, 3.8) is 0 Å². The Morgan fingerprint density at radius 3 is 1.35 bits per heavy atom. The van der Waals surface area contributed by atoms with Crippen LogP contribution >= 0.6 is 0 Å². The number of hydrogen-bond acceptors (Lipinski definition) is 3. The molecule has 0 aliphatic heterocycles. The predicted octanol–water partition coefficient (Wildman–Crippen LogP) is 9.45. The fourth-order valence-corrected chi connectivity index (χ4v) is 5.17. The van der Waals surface area contributed by atoms with Gasteiger partial charge >= 0.3 is 0 Å². The van der Waals surface area contributed by atoms with Gasteiger partial charge in [0.05, 0.1) is 32.6 Å². The molecule has 0 radical (unpaired) electrons. The van der Waals surface area contributed by atoms with Crippen molar-refractivity contribution in [2.75, 3.05) is 27.7 Å². The Bertz CT molecular complexity index is 738. The molecule has 0 N–H and O–H groups in total. The lowest BCUT2D eigenvalue weighted by atomic mass is 9.97. The molecular weight excluding hydrogens is 478 g/mol. The molecule has 0 bridgehead atoms. The minimum absolute atomic E-state index is 0.157. The lowest BCUT2D eigenvalue weighted by Gasteiger charge is -2.23. The molecule has 1 aromatic rings. The Balaban J connectivity index is 0.000000749. The molecule has 0 aromatic heterocycles. The van der Waals surface area contributed by atoms with Crippen molar-refractivity contribution >= 4 is 10.1 Å². The van der Waals surface area contributed by atoms with Crippen LogP contribution in [0.5, 0.6) is 0 Å². The van der Waals surface area contributed by atoms with Gasteiger partial charge in [0.2, 0.25) is 0 Å². The smallest absolute Gasteiger partial charge is 0.124 e. The van der Waals surface area contributed by atoms with Crippen molar-refractivity contribution in [3.8, 4) is 0 Å². The van der Waals surface area contributed by atoms with Crippen LogP contribution in [-0.4, -0.2) is 45.1 Å². The van der Waals surface area contributed by atoms with Gasteiger partial charge in [0.25, 0.3) is 0 Å². The Morgan fingerprint density at radius 1 is 0.649 bits per heavy atom.